The first-order valence-corrected chi connectivity index (χ1v) is 6.66. The Kier molecular flexibility index (Phi) is 3.33. The first-order valence-electron chi connectivity index (χ1n) is 5.84. The van der Waals surface area contributed by atoms with E-state index >= 15 is 0 Å². The minimum atomic E-state index is -0.921. The van der Waals surface area contributed by atoms with Crippen LogP contribution in [0.25, 0.3) is 0 Å². The van der Waals surface area contributed by atoms with Crippen LogP contribution in [-0.4, -0.2) is 18.4 Å². The second kappa shape index (κ2) is 4.61. The third-order valence-electron chi connectivity index (χ3n) is 3.37. The van der Waals surface area contributed by atoms with Gasteiger partial charge in [-0.15, -0.1) is 11.3 Å². The molecule has 0 aromatic carbocycles. The van der Waals surface area contributed by atoms with E-state index in [0.29, 0.717) is 19.4 Å². The summed E-state index contributed by atoms with van der Waals surface area (Å²) in [6.07, 6.45) is 1.99. The number of thiophene rings is 1. The SMILES string of the molecule is CCc1ccc(CC2(C(C)=O)CCOC2=O)s1. The van der Waals surface area contributed by atoms with E-state index in [-0.39, 0.29) is 11.8 Å². The van der Waals surface area contributed by atoms with E-state index in [9.17, 15) is 9.59 Å². The van der Waals surface area contributed by atoms with E-state index in [0.717, 1.165) is 11.3 Å². The molecule has 0 N–H and O–H groups in total. The minimum absolute atomic E-state index is 0.0774. The highest BCUT2D eigenvalue weighted by molar-refractivity contribution is 7.12. The largest absolute Gasteiger partial charge is 0.465 e. The van der Waals surface area contributed by atoms with Crippen molar-refractivity contribution >= 4 is 23.1 Å². The standard InChI is InChI=1S/C13H16O3S/c1-3-10-4-5-11(17-10)8-13(9(2)14)6-7-16-12(13)15/h4-5H,3,6-8H2,1-2H3. The zero-order valence-electron chi connectivity index (χ0n) is 10.1. The quantitative estimate of drug-likeness (QED) is 0.610. The number of carbonyl (C=O) groups is 2. The smallest absolute Gasteiger partial charge is 0.320 e. The van der Waals surface area contributed by atoms with Crippen molar-refractivity contribution in [3.8, 4) is 0 Å². The Bertz CT molecular complexity index is 449. The number of hydrogen-bond acceptors (Lipinski definition) is 4. The highest BCUT2D eigenvalue weighted by Gasteiger charge is 2.48. The van der Waals surface area contributed by atoms with Gasteiger partial charge in [-0.2, -0.15) is 0 Å². The molecule has 4 heteroatoms. The number of ketones is 1. The van der Waals surface area contributed by atoms with Gasteiger partial charge in [-0.3, -0.25) is 9.59 Å². The molecule has 1 aliphatic rings. The van der Waals surface area contributed by atoms with Gasteiger partial charge in [0.25, 0.3) is 0 Å². The lowest BCUT2D eigenvalue weighted by atomic mass is 9.79. The normalized spacial score (nSPS) is 23.8. The summed E-state index contributed by atoms with van der Waals surface area (Å²) in [7, 11) is 0. The highest BCUT2D eigenvalue weighted by Crippen LogP contribution is 2.36. The molecule has 0 saturated carbocycles. The molecule has 1 aromatic rings. The van der Waals surface area contributed by atoms with Crippen molar-refractivity contribution in [1.82, 2.24) is 0 Å². The Balaban J connectivity index is 2.24. The molecular weight excluding hydrogens is 236 g/mol. The van der Waals surface area contributed by atoms with Crippen LogP contribution < -0.4 is 0 Å². The van der Waals surface area contributed by atoms with Crippen molar-refractivity contribution in [2.24, 2.45) is 5.41 Å². The molecule has 1 fully saturated rings. The third kappa shape index (κ3) is 2.14. The summed E-state index contributed by atoms with van der Waals surface area (Å²) in [5.74, 6) is -0.428. The summed E-state index contributed by atoms with van der Waals surface area (Å²) in [6.45, 7) is 3.95. The van der Waals surface area contributed by atoms with Crippen LogP contribution in [0.3, 0.4) is 0 Å². The molecule has 1 saturated heterocycles. The summed E-state index contributed by atoms with van der Waals surface area (Å²) >= 11 is 1.68. The summed E-state index contributed by atoms with van der Waals surface area (Å²) < 4.78 is 4.98. The van der Waals surface area contributed by atoms with Gasteiger partial charge < -0.3 is 4.74 Å². The summed E-state index contributed by atoms with van der Waals surface area (Å²) in [4.78, 5) is 25.9. The predicted molar refractivity (Wildman–Crippen MR) is 66.1 cm³/mol. The Morgan fingerprint density at radius 3 is 2.65 bits per heavy atom. The van der Waals surface area contributed by atoms with Gasteiger partial charge >= 0.3 is 5.97 Å². The molecular formula is C13H16O3S. The fourth-order valence-corrected chi connectivity index (χ4v) is 3.24. The molecule has 1 unspecified atom stereocenters. The van der Waals surface area contributed by atoms with Gasteiger partial charge in [0, 0.05) is 22.6 Å². The number of carbonyl (C=O) groups excluding carboxylic acids is 2. The fraction of sp³-hybridized carbons (Fsp3) is 0.538. The van der Waals surface area contributed by atoms with Crippen LogP contribution in [0.5, 0.6) is 0 Å². The van der Waals surface area contributed by atoms with Gasteiger partial charge in [0.2, 0.25) is 0 Å². The molecule has 1 aromatic heterocycles. The highest BCUT2D eigenvalue weighted by atomic mass is 32.1. The Morgan fingerprint density at radius 2 is 2.18 bits per heavy atom. The maximum absolute atomic E-state index is 11.8. The van der Waals surface area contributed by atoms with Crippen LogP contribution in [0, 0.1) is 5.41 Å². The molecule has 0 bridgehead atoms. The molecule has 17 heavy (non-hydrogen) atoms. The zero-order valence-corrected chi connectivity index (χ0v) is 10.9. The van der Waals surface area contributed by atoms with Crippen molar-refractivity contribution in [1.29, 1.82) is 0 Å². The van der Waals surface area contributed by atoms with E-state index < -0.39 is 5.41 Å². The number of hydrogen-bond donors (Lipinski definition) is 0. The van der Waals surface area contributed by atoms with Gasteiger partial charge in [-0.25, -0.2) is 0 Å². The third-order valence-corrected chi connectivity index (χ3v) is 4.60. The lowest BCUT2D eigenvalue weighted by molar-refractivity contribution is -0.150. The minimum Gasteiger partial charge on any atom is -0.465 e. The predicted octanol–water partition coefficient (Wildman–Crippen LogP) is 2.38. The van der Waals surface area contributed by atoms with Gasteiger partial charge in [0.15, 0.2) is 0 Å². The maximum atomic E-state index is 11.8. The summed E-state index contributed by atoms with van der Waals surface area (Å²) in [6, 6.07) is 4.08. The second-order valence-corrected chi connectivity index (χ2v) is 5.68. The maximum Gasteiger partial charge on any atom is 0.320 e. The summed E-state index contributed by atoms with van der Waals surface area (Å²) in [5, 5.41) is 0. The van der Waals surface area contributed by atoms with Gasteiger partial charge in [-0.1, -0.05) is 6.92 Å². The van der Waals surface area contributed by atoms with Crippen molar-refractivity contribution in [2.75, 3.05) is 6.61 Å². The molecule has 92 valence electrons. The Hall–Kier alpha value is -1.16. The molecule has 2 rings (SSSR count). The molecule has 1 atom stereocenters. The van der Waals surface area contributed by atoms with Crippen molar-refractivity contribution < 1.29 is 14.3 Å². The average molecular weight is 252 g/mol. The number of Topliss-reactive ketones (excluding diaryl/α,β-unsaturated/α-hetero) is 1. The van der Waals surface area contributed by atoms with E-state index in [2.05, 4.69) is 13.0 Å². The fourth-order valence-electron chi connectivity index (χ4n) is 2.17. The Labute approximate surface area is 105 Å². The molecule has 0 amide bonds. The lowest BCUT2D eigenvalue weighted by Gasteiger charge is -2.20. The number of esters is 1. The molecule has 0 aliphatic carbocycles. The average Bonchev–Trinajstić information content (AvgIpc) is 2.88. The van der Waals surface area contributed by atoms with Crippen LogP contribution in [0.1, 0.15) is 30.0 Å². The molecule has 0 radical (unpaired) electrons. The first kappa shape index (κ1) is 12.3. The van der Waals surface area contributed by atoms with E-state index in [1.165, 1.54) is 11.8 Å². The number of ether oxygens (including phenoxy) is 1. The van der Waals surface area contributed by atoms with Crippen molar-refractivity contribution in [3.05, 3.63) is 21.9 Å². The zero-order chi connectivity index (χ0) is 12.5. The number of aryl methyl sites for hydroxylation is 1. The second-order valence-electron chi connectivity index (χ2n) is 4.42. The van der Waals surface area contributed by atoms with Crippen molar-refractivity contribution in [3.63, 3.8) is 0 Å². The molecule has 0 spiro atoms. The van der Waals surface area contributed by atoms with Crippen LogP contribution in [0.15, 0.2) is 12.1 Å². The van der Waals surface area contributed by atoms with Gasteiger partial charge in [0.1, 0.15) is 11.2 Å². The monoisotopic (exact) mass is 252 g/mol. The Morgan fingerprint density at radius 1 is 1.47 bits per heavy atom. The molecule has 1 aliphatic heterocycles. The van der Waals surface area contributed by atoms with Gasteiger partial charge in [-0.05, 0) is 25.5 Å². The molecule has 3 nitrogen and oxygen atoms in total. The van der Waals surface area contributed by atoms with Gasteiger partial charge in [0.05, 0.1) is 6.61 Å². The van der Waals surface area contributed by atoms with Crippen LogP contribution in [0.2, 0.25) is 0 Å². The van der Waals surface area contributed by atoms with E-state index in [1.54, 1.807) is 11.3 Å². The van der Waals surface area contributed by atoms with Crippen molar-refractivity contribution in [2.45, 2.75) is 33.1 Å². The topological polar surface area (TPSA) is 43.4 Å². The molecule has 2 heterocycles. The number of rotatable bonds is 4. The van der Waals surface area contributed by atoms with Crippen LogP contribution >= 0.6 is 11.3 Å². The van der Waals surface area contributed by atoms with E-state index in [4.69, 9.17) is 4.74 Å². The lowest BCUT2D eigenvalue weighted by Crippen LogP contribution is -2.36. The van der Waals surface area contributed by atoms with Crippen LogP contribution in [0.4, 0.5) is 0 Å². The van der Waals surface area contributed by atoms with E-state index in [1.807, 2.05) is 6.07 Å². The van der Waals surface area contributed by atoms with Crippen LogP contribution in [-0.2, 0) is 27.2 Å². The summed E-state index contributed by atoms with van der Waals surface area (Å²) in [5.41, 5.74) is -0.921. The number of cyclic esters (lactones) is 1. The first-order chi connectivity index (χ1) is 8.08.